The molecule has 5 aromatic heterocycles. The van der Waals surface area contributed by atoms with Gasteiger partial charge in [0.05, 0.1) is 40.7 Å². The van der Waals surface area contributed by atoms with Crippen molar-refractivity contribution in [2.75, 3.05) is 10.6 Å². The van der Waals surface area contributed by atoms with E-state index in [-0.39, 0.29) is 11.3 Å². The van der Waals surface area contributed by atoms with Crippen LogP contribution >= 0.6 is 0 Å². The molecule has 0 fully saturated rings. The highest BCUT2D eigenvalue weighted by molar-refractivity contribution is 6.04. The Hall–Kier alpha value is -4.94. The topological polar surface area (TPSA) is 134 Å². The molecule has 5 heterocycles. The molecule has 5 aromatic rings. The quantitative estimate of drug-likeness (QED) is 0.327. The second kappa shape index (κ2) is 9.02. The SMILES string of the molecule is Cc1ncc(NC(=O)c2cncc(C(F)(F)F)c2)cc1Nc1ncccc1-c1ncnc2[nH]cnc12. The fraction of sp³-hybridized carbons (Fsp3) is 0.0870. The number of anilines is 3. The van der Waals surface area contributed by atoms with Gasteiger partial charge in [0, 0.05) is 24.2 Å². The number of aromatic nitrogens is 7. The summed E-state index contributed by atoms with van der Waals surface area (Å²) in [5.41, 5.74) is 2.47. The van der Waals surface area contributed by atoms with Crippen LogP contribution in [0.2, 0.25) is 0 Å². The standard InChI is InChI=1S/C23H16F3N9O/c1-12-17(6-15(9-29-12)34-22(36)13-5-14(8-27-7-13)23(24,25)26)35-20-16(3-2-4-28-20)18-19-21(32-10-30-18)33-11-31-19/h2-11H,1H3,(H,28,35)(H,34,36)(H,30,31,32,33). The average molecular weight is 491 g/mol. The van der Waals surface area contributed by atoms with Gasteiger partial charge in [0.1, 0.15) is 23.4 Å². The molecule has 0 spiro atoms. The lowest BCUT2D eigenvalue weighted by Gasteiger charge is -2.14. The summed E-state index contributed by atoms with van der Waals surface area (Å²) in [6.07, 6.45) is 3.04. The molecule has 0 aliphatic carbocycles. The van der Waals surface area contributed by atoms with Gasteiger partial charge in [-0.05, 0) is 31.2 Å². The van der Waals surface area contributed by atoms with Gasteiger partial charge < -0.3 is 15.6 Å². The molecule has 0 unspecified atom stereocenters. The van der Waals surface area contributed by atoms with E-state index in [4.69, 9.17) is 0 Å². The maximum atomic E-state index is 13.0. The Morgan fingerprint density at radius 1 is 1.03 bits per heavy atom. The molecule has 0 aliphatic heterocycles. The summed E-state index contributed by atoms with van der Waals surface area (Å²) in [7, 11) is 0. The van der Waals surface area contributed by atoms with Crippen LogP contribution in [0, 0.1) is 6.92 Å². The first-order chi connectivity index (χ1) is 17.3. The molecular formula is C23H16F3N9O. The first-order valence-electron chi connectivity index (χ1n) is 10.5. The molecule has 0 saturated carbocycles. The lowest BCUT2D eigenvalue weighted by atomic mass is 10.1. The highest BCUT2D eigenvalue weighted by atomic mass is 19.4. The number of alkyl halides is 3. The summed E-state index contributed by atoms with van der Waals surface area (Å²) >= 11 is 0. The van der Waals surface area contributed by atoms with Crippen LogP contribution in [0.15, 0.2) is 61.7 Å². The van der Waals surface area contributed by atoms with Crippen molar-refractivity contribution < 1.29 is 18.0 Å². The number of H-pyrrole nitrogens is 1. The van der Waals surface area contributed by atoms with Gasteiger partial charge in [-0.15, -0.1) is 0 Å². The van der Waals surface area contributed by atoms with Gasteiger partial charge in [-0.25, -0.2) is 19.9 Å². The monoisotopic (exact) mass is 491 g/mol. The fourth-order valence-corrected chi connectivity index (χ4v) is 3.44. The molecule has 36 heavy (non-hydrogen) atoms. The number of carbonyl (C=O) groups excluding carboxylic acids is 1. The van der Waals surface area contributed by atoms with Crippen LogP contribution in [0.3, 0.4) is 0 Å². The van der Waals surface area contributed by atoms with Crippen molar-refractivity contribution in [3.05, 3.63) is 78.5 Å². The van der Waals surface area contributed by atoms with E-state index in [1.807, 2.05) is 6.07 Å². The van der Waals surface area contributed by atoms with E-state index in [1.165, 1.54) is 18.9 Å². The molecule has 10 nitrogen and oxygen atoms in total. The number of pyridine rings is 3. The van der Waals surface area contributed by atoms with Crippen molar-refractivity contribution in [1.29, 1.82) is 0 Å². The molecule has 1 amide bonds. The number of imidazole rings is 1. The summed E-state index contributed by atoms with van der Waals surface area (Å²) in [5.74, 6) is -0.304. The van der Waals surface area contributed by atoms with E-state index in [0.29, 0.717) is 45.8 Å². The number of aromatic amines is 1. The maximum Gasteiger partial charge on any atom is 0.417 e. The van der Waals surface area contributed by atoms with E-state index in [2.05, 4.69) is 45.5 Å². The molecule has 13 heteroatoms. The molecule has 0 atom stereocenters. The molecular weight excluding hydrogens is 475 g/mol. The number of halogens is 3. The third kappa shape index (κ3) is 4.53. The van der Waals surface area contributed by atoms with Gasteiger partial charge in [-0.1, -0.05) is 0 Å². The second-order valence-electron chi connectivity index (χ2n) is 7.62. The summed E-state index contributed by atoms with van der Waals surface area (Å²) in [4.78, 5) is 40.5. The Balaban J connectivity index is 1.43. The minimum absolute atomic E-state index is 0.237. The van der Waals surface area contributed by atoms with Crippen molar-refractivity contribution in [2.45, 2.75) is 13.1 Å². The predicted molar refractivity (Wildman–Crippen MR) is 124 cm³/mol. The molecule has 5 rings (SSSR count). The third-order valence-electron chi connectivity index (χ3n) is 5.21. The number of fused-ring (bicyclic) bond motifs is 1. The zero-order valence-electron chi connectivity index (χ0n) is 18.5. The molecule has 0 bridgehead atoms. The first kappa shape index (κ1) is 22.8. The molecule has 0 radical (unpaired) electrons. The Morgan fingerprint density at radius 2 is 1.89 bits per heavy atom. The summed E-state index contributed by atoms with van der Waals surface area (Å²) in [6.45, 7) is 1.75. The van der Waals surface area contributed by atoms with E-state index < -0.39 is 17.6 Å². The highest BCUT2D eigenvalue weighted by Gasteiger charge is 2.31. The lowest BCUT2D eigenvalue weighted by molar-refractivity contribution is -0.137. The van der Waals surface area contributed by atoms with Crippen LogP contribution < -0.4 is 10.6 Å². The zero-order valence-corrected chi connectivity index (χ0v) is 18.5. The van der Waals surface area contributed by atoms with Crippen molar-refractivity contribution in [2.24, 2.45) is 0 Å². The Bertz CT molecular complexity index is 1580. The second-order valence-corrected chi connectivity index (χ2v) is 7.62. The summed E-state index contributed by atoms with van der Waals surface area (Å²) in [6, 6.07) is 5.91. The van der Waals surface area contributed by atoms with Crippen LogP contribution in [-0.4, -0.2) is 40.8 Å². The molecule has 180 valence electrons. The number of hydrogen-bond acceptors (Lipinski definition) is 8. The molecule has 3 N–H and O–H groups in total. The maximum absolute atomic E-state index is 13.0. The van der Waals surface area contributed by atoms with E-state index in [1.54, 1.807) is 25.3 Å². The number of nitrogens with zero attached hydrogens (tertiary/aromatic N) is 6. The smallest absolute Gasteiger partial charge is 0.338 e. The van der Waals surface area contributed by atoms with Crippen LogP contribution in [0.25, 0.3) is 22.4 Å². The van der Waals surface area contributed by atoms with Gasteiger partial charge in [0.2, 0.25) is 0 Å². The zero-order chi connectivity index (χ0) is 25.3. The molecule has 0 aliphatic rings. The number of nitrogens with one attached hydrogen (secondary N) is 3. The normalized spacial score (nSPS) is 11.4. The third-order valence-corrected chi connectivity index (χ3v) is 5.21. The van der Waals surface area contributed by atoms with Crippen molar-refractivity contribution in [1.82, 2.24) is 34.9 Å². The minimum Gasteiger partial charge on any atom is -0.338 e. The van der Waals surface area contributed by atoms with Gasteiger partial charge in [0.25, 0.3) is 5.91 Å². The van der Waals surface area contributed by atoms with Crippen LogP contribution in [0.4, 0.5) is 30.4 Å². The first-order valence-corrected chi connectivity index (χ1v) is 10.5. The number of rotatable bonds is 5. The number of amides is 1. The highest BCUT2D eigenvalue weighted by Crippen LogP contribution is 2.32. The predicted octanol–water partition coefficient (Wildman–Crippen LogP) is 4.53. The van der Waals surface area contributed by atoms with Gasteiger partial charge in [-0.2, -0.15) is 13.2 Å². The number of carbonyl (C=O) groups is 1. The van der Waals surface area contributed by atoms with Crippen molar-refractivity contribution >= 4 is 34.3 Å². The summed E-state index contributed by atoms with van der Waals surface area (Å²) in [5, 5.41) is 5.75. The Kier molecular flexibility index (Phi) is 5.72. The Morgan fingerprint density at radius 3 is 2.72 bits per heavy atom. The van der Waals surface area contributed by atoms with Crippen LogP contribution in [-0.2, 0) is 6.18 Å². The van der Waals surface area contributed by atoms with Crippen LogP contribution in [0.5, 0.6) is 0 Å². The van der Waals surface area contributed by atoms with Crippen molar-refractivity contribution in [3.8, 4) is 11.3 Å². The van der Waals surface area contributed by atoms with Gasteiger partial charge in [0.15, 0.2) is 5.65 Å². The summed E-state index contributed by atoms with van der Waals surface area (Å²) < 4.78 is 38.9. The largest absolute Gasteiger partial charge is 0.417 e. The van der Waals surface area contributed by atoms with Gasteiger partial charge >= 0.3 is 6.18 Å². The van der Waals surface area contributed by atoms with Gasteiger partial charge in [-0.3, -0.25) is 14.8 Å². The number of aryl methyl sites for hydroxylation is 1. The number of hydrogen-bond donors (Lipinski definition) is 3. The molecule has 0 aromatic carbocycles. The van der Waals surface area contributed by atoms with E-state index in [9.17, 15) is 18.0 Å². The van der Waals surface area contributed by atoms with Crippen LogP contribution in [0.1, 0.15) is 21.6 Å². The lowest BCUT2D eigenvalue weighted by Crippen LogP contribution is -2.15. The molecule has 0 saturated heterocycles. The minimum atomic E-state index is -4.61. The van der Waals surface area contributed by atoms with E-state index in [0.717, 1.165) is 12.3 Å². The fourth-order valence-electron chi connectivity index (χ4n) is 3.44. The van der Waals surface area contributed by atoms with Crippen molar-refractivity contribution in [3.63, 3.8) is 0 Å². The Labute approximate surface area is 201 Å². The average Bonchev–Trinajstić information content (AvgIpc) is 3.35. The van der Waals surface area contributed by atoms with E-state index >= 15 is 0 Å².